The maximum atomic E-state index is 12.3. The first-order valence-corrected chi connectivity index (χ1v) is 7.18. The van der Waals surface area contributed by atoms with Crippen molar-refractivity contribution in [1.29, 1.82) is 0 Å². The van der Waals surface area contributed by atoms with E-state index in [1.807, 2.05) is 19.9 Å². The fourth-order valence-electron chi connectivity index (χ4n) is 2.00. The number of aryl methyl sites for hydroxylation is 2. The van der Waals surface area contributed by atoms with E-state index in [1.165, 1.54) is 4.31 Å². The molecule has 1 aromatic rings. The van der Waals surface area contributed by atoms with Gasteiger partial charge in [0.2, 0.25) is 10.0 Å². The number of hydrogen-bond donors (Lipinski definition) is 1. The molecule has 0 aliphatic carbocycles. The normalized spacial score (nSPS) is 21.9. The van der Waals surface area contributed by atoms with Crippen LogP contribution in [0, 0.1) is 13.8 Å². The molecule has 1 aromatic carbocycles. The van der Waals surface area contributed by atoms with Gasteiger partial charge >= 0.3 is 0 Å². The SMILES string of the molecule is Cc1ccc(S(=O)(=O)N2CC[C@@H](N)C2)cc1C. The van der Waals surface area contributed by atoms with Crippen molar-refractivity contribution in [2.45, 2.75) is 31.2 Å². The monoisotopic (exact) mass is 254 g/mol. The summed E-state index contributed by atoms with van der Waals surface area (Å²) in [6, 6.07) is 5.21. The van der Waals surface area contributed by atoms with Gasteiger partial charge in [-0.05, 0) is 43.5 Å². The van der Waals surface area contributed by atoms with Crippen molar-refractivity contribution in [3.8, 4) is 0 Å². The largest absolute Gasteiger partial charge is 0.326 e. The number of sulfonamides is 1. The summed E-state index contributed by atoms with van der Waals surface area (Å²) in [7, 11) is -3.36. The van der Waals surface area contributed by atoms with E-state index in [1.54, 1.807) is 12.1 Å². The van der Waals surface area contributed by atoms with E-state index in [2.05, 4.69) is 0 Å². The molecule has 2 rings (SSSR count). The number of rotatable bonds is 2. The standard InChI is InChI=1S/C12H18N2O2S/c1-9-3-4-12(7-10(9)2)17(15,16)14-6-5-11(13)8-14/h3-4,7,11H,5-6,8,13H2,1-2H3/t11-/m1/s1. The Morgan fingerprint density at radius 3 is 2.53 bits per heavy atom. The van der Waals surface area contributed by atoms with Gasteiger partial charge in [0.05, 0.1) is 4.90 Å². The third-order valence-electron chi connectivity index (χ3n) is 3.30. The highest BCUT2D eigenvalue weighted by atomic mass is 32.2. The van der Waals surface area contributed by atoms with E-state index >= 15 is 0 Å². The Morgan fingerprint density at radius 1 is 1.29 bits per heavy atom. The van der Waals surface area contributed by atoms with E-state index in [9.17, 15) is 8.42 Å². The summed E-state index contributed by atoms with van der Waals surface area (Å²) in [5.74, 6) is 0. The lowest BCUT2D eigenvalue weighted by atomic mass is 10.1. The van der Waals surface area contributed by atoms with E-state index < -0.39 is 10.0 Å². The molecular weight excluding hydrogens is 236 g/mol. The zero-order chi connectivity index (χ0) is 12.6. The first-order valence-electron chi connectivity index (χ1n) is 5.74. The third kappa shape index (κ3) is 2.36. The predicted molar refractivity (Wildman–Crippen MR) is 67.3 cm³/mol. The zero-order valence-corrected chi connectivity index (χ0v) is 11.0. The minimum Gasteiger partial charge on any atom is -0.326 e. The first-order chi connectivity index (χ1) is 7.91. The van der Waals surface area contributed by atoms with Crippen LogP contribution in [0.4, 0.5) is 0 Å². The van der Waals surface area contributed by atoms with Crippen LogP contribution in [-0.4, -0.2) is 31.9 Å². The lowest BCUT2D eigenvalue weighted by Crippen LogP contribution is -2.32. The van der Waals surface area contributed by atoms with Gasteiger partial charge in [0.1, 0.15) is 0 Å². The Bertz CT molecular complexity index is 525. The number of benzene rings is 1. The fourth-order valence-corrected chi connectivity index (χ4v) is 3.59. The summed E-state index contributed by atoms with van der Waals surface area (Å²) in [5.41, 5.74) is 7.84. The van der Waals surface area contributed by atoms with Gasteiger partial charge in [-0.3, -0.25) is 0 Å². The van der Waals surface area contributed by atoms with Crippen LogP contribution >= 0.6 is 0 Å². The lowest BCUT2D eigenvalue weighted by molar-refractivity contribution is 0.472. The van der Waals surface area contributed by atoms with Crippen LogP contribution in [0.2, 0.25) is 0 Å². The lowest BCUT2D eigenvalue weighted by Gasteiger charge is -2.16. The van der Waals surface area contributed by atoms with Gasteiger partial charge in [-0.25, -0.2) is 8.42 Å². The molecule has 17 heavy (non-hydrogen) atoms. The van der Waals surface area contributed by atoms with Gasteiger partial charge in [0.15, 0.2) is 0 Å². The first kappa shape index (κ1) is 12.5. The number of nitrogens with zero attached hydrogens (tertiary/aromatic N) is 1. The molecule has 1 saturated heterocycles. The smallest absolute Gasteiger partial charge is 0.243 e. The number of nitrogens with two attached hydrogens (primary N) is 1. The van der Waals surface area contributed by atoms with Crippen molar-refractivity contribution in [3.63, 3.8) is 0 Å². The van der Waals surface area contributed by atoms with Crippen molar-refractivity contribution in [3.05, 3.63) is 29.3 Å². The van der Waals surface area contributed by atoms with Crippen LogP contribution in [-0.2, 0) is 10.0 Å². The van der Waals surface area contributed by atoms with Gasteiger partial charge < -0.3 is 5.73 Å². The van der Waals surface area contributed by atoms with E-state index in [4.69, 9.17) is 5.73 Å². The topological polar surface area (TPSA) is 63.4 Å². The van der Waals surface area contributed by atoms with Crippen LogP contribution in [0.3, 0.4) is 0 Å². The highest BCUT2D eigenvalue weighted by molar-refractivity contribution is 7.89. The second-order valence-electron chi connectivity index (χ2n) is 4.66. The average Bonchev–Trinajstić information content (AvgIpc) is 2.69. The molecular formula is C12H18N2O2S. The molecule has 5 heteroatoms. The average molecular weight is 254 g/mol. The zero-order valence-electron chi connectivity index (χ0n) is 10.2. The van der Waals surface area contributed by atoms with Crippen LogP contribution < -0.4 is 5.73 Å². The fraction of sp³-hybridized carbons (Fsp3) is 0.500. The second kappa shape index (κ2) is 4.40. The van der Waals surface area contributed by atoms with Crippen molar-refractivity contribution in [2.75, 3.05) is 13.1 Å². The molecule has 0 amide bonds. The Morgan fingerprint density at radius 2 is 2.00 bits per heavy atom. The van der Waals surface area contributed by atoms with Crippen molar-refractivity contribution >= 4 is 10.0 Å². The Labute approximate surface area is 102 Å². The summed E-state index contributed by atoms with van der Waals surface area (Å²) in [6.07, 6.45) is 0.740. The molecule has 0 spiro atoms. The van der Waals surface area contributed by atoms with Crippen LogP contribution in [0.1, 0.15) is 17.5 Å². The Kier molecular flexibility index (Phi) is 3.25. The van der Waals surface area contributed by atoms with Crippen molar-refractivity contribution < 1.29 is 8.42 Å². The molecule has 1 fully saturated rings. The number of hydrogen-bond acceptors (Lipinski definition) is 3. The minimum atomic E-state index is -3.36. The second-order valence-corrected chi connectivity index (χ2v) is 6.60. The molecule has 1 atom stereocenters. The molecule has 0 saturated carbocycles. The molecule has 0 aromatic heterocycles. The molecule has 1 aliphatic heterocycles. The van der Waals surface area contributed by atoms with Gasteiger partial charge in [-0.1, -0.05) is 6.07 Å². The Hall–Kier alpha value is -0.910. The van der Waals surface area contributed by atoms with Crippen molar-refractivity contribution in [1.82, 2.24) is 4.31 Å². The molecule has 94 valence electrons. The quantitative estimate of drug-likeness (QED) is 0.857. The van der Waals surface area contributed by atoms with Gasteiger partial charge in [-0.15, -0.1) is 0 Å². The van der Waals surface area contributed by atoms with Gasteiger partial charge in [0, 0.05) is 19.1 Å². The molecule has 4 nitrogen and oxygen atoms in total. The summed E-state index contributed by atoms with van der Waals surface area (Å²) in [5, 5.41) is 0. The third-order valence-corrected chi connectivity index (χ3v) is 5.16. The van der Waals surface area contributed by atoms with Crippen LogP contribution in [0.15, 0.2) is 23.1 Å². The summed E-state index contributed by atoms with van der Waals surface area (Å²) in [6.45, 7) is 4.84. The minimum absolute atomic E-state index is 0.0312. The Balaban J connectivity index is 2.35. The highest BCUT2D eigenvalue weighted by Gasteiger charge is 2.30. The maximum absolute atomic E-state index is 12.3. The van der Waals surface area contributed by atoms with E-state index in [0.29, 0.717) is 18.0 Å². The molecule has 2 N–H and O–H groups in total. The molecule has 0 unspecified atom stereocenters. The van der Waals surface area contributed by atoms with Crippen LogP contribution in [0.5, 0.6) is 0 Å². The molecule has 0 bridgehead atoms. The van der Waals surface area contributed by atoms with Gasteiger partial charge in [-0.2, -0.15) is 4.31 Å². The maximum Gasteiger partial charge on any atom is 0.243 e. The highest BCUT2D eigenvalue weighted by Crippen LogP contribution is 2.22. The van der Waals surface area contributed by atoms with E-state index in [-0.39, 0.29) is 6.04 Å². The van der Waals surface area contributed by atoms with Crippen molar-refractivity contribution in [2.24, 2.45) is 5.73 Å². The predicted octanol–water partition coefficient (Wildman–Crippen LogP) is 1.03. The van der Waals surface area contributed by atoms with Crippen LogP contribution in [0.25, 0.3) is 0 Å². The molecule has 1 heterocycles. The molecule has 1 aliphatic rings. The molecule has 0 radical (unpaired) electrons. The summed E-state index contributed by atoms with van der Waals surface area (Å²) in [4.78, 5) is 0.370. The summed E-state index contributed by atoms with van der Waals surface area (Å²) < 4.78 is 26.1. The van der Waals surface area contributed by atoms with Gasteiger partial charge in [0.25, 0.3) is 0 Å². The van der Waals surface area contributed by atoms with E-state index in [0.717, 1.165) is 17.5 Å². The summed E-state index contributed by atoms with van der Waals surface area (Å²) >= 11 is 0.